The van der Waals surface area contributed by atoms with Crippen LogP contribution in [0.15, 0.2) is 42.5 Å². The number of nitrogens with zero attached hydrogens (tertiary/aromatic N) is 1. The fourth-order valence-electron chi connectivity index (χ4n) is 2.00. The van der Waals surface area contributed by atoms with Crippen LogP contribution in [0.25, 0.3) is 0 Å². The van der Waals surface area contributed by atoms with Crippen molar-refractivity contribution in [2.75, 3.05) is 12.4 Å². The van der Waals surface area contributed by atoms with Gasteiger partial charge in [0.2, 0.25) is 0 Å². The molecule has 1 N–H and O–H groups in total. The van der Waals surface area contributed by atoms with Crippen molar-refractivity contribution in [3.63, 3.8) is 0 Å². The number of halogens is 1. The number of esters is 1. The van der Waals surface area contributed by atoms with E-state index in [0.29, 0.717) is 22.6 Å². The van der Waals surface area contributed by atoms with E-state index in [9.17, 15) is 9.59 Å². The first-order chi connectivity index (χ1) is 11.9. The molecule has 0 heterocycles. The maximum absolute atomic E-state index is 12.2. The number of anilines is 1. The number of methoxy groups -OCH3 is 1. The second-order valence-electron chi connectivity index (χ2n) is 5.08. The van der Waals surface area contributed by atoms with Crippen molar-refractivity contribution in [2.45, 2.75) is 13.0 Å². The molecule has 0 aliphatic rings. The van der Waals surface area contributed by atoms with E-state index in [4.69, 9.17) is 21.6 Å². The molecule has 0 saturated heterocycles. The van der Waals surface area contributed by atoms with Crippen LogP contribution in [0.3, 0.4) is 0 Å². The summed E-state index contributed by atoms with van der Waals surface area (Å²) in [7, 11) is 1.29. The molecule has 0 fully saturated rings. The molecule has 2 rings (SSSR count). The highest BCUT2D eigenvalue weighted by Gasteiger charge is 2.16. The molecule has 6 nitrogen and oxygen atoms in total. The highest BCUT2D eigenvalue weighted by molar-refractivity contribution is 6.32. The van der Waals surface area contributed by atoms with Gasteiger partial charge in [-0.3, -0.25) is 4.79 Å². The first kappa shape index (κ1) is 18.3. The lowest BCUT2D eigenvalue weighted by Crippen LogP contribution is -2.30. The molecule has 25 heavy (non-hydrogen) atoms. The van der Waals surface area contributed by atoms with Gasteiger partial charge in [0.05, 0.1) is 23.3 Å². The summed E-state index contributed by atoms with van der Waals surface area (Å²) in [4.78, 5) is 23.7. The van der Waals surface area contributed by atoms with Crippen LogP contribution in [0.2, 0.25) is 5.02 Å². The van der Waals surface area contributed by atoms with Gasteiger partial charge < -0.3 is 14.8 Å². The molecule has 0 aliphatic heterocycles. The number of hydrogen-bond donors (Lipinski definition) is 1. The Kier molecular flexibility index (Phi) is 5.98. The Labute approximate surface area is 149 Å². The van der Waals surface area contributed by atoms with E-state index in [0.717, 1.165) is 0 Å². The molecule has 128 valence electrons. The average molecular weight is 359 g/mol. The Bertz CT molecular complexity index is 845. The fraction of sp³-hybridized carbons (Fsp3) is 0.167. The summed E-state index contributed by atoms with van der Waals surface area (Å²) in [5.74, 6) is -0.526. The van der Waals surface area contributed by atoms with Gasteiger partial charge in [-0.05, 0) is 43.3 Å². The molecule has 0 bridgehead atoms. The van der Waals surface area contributed by atoms with E-state index < -0.39 is 18.0 Å². The molecule has 2 aromatic carbocycles. The largest absolute Gasteiger partial charge is 0.481 e. The minimum atomic E-state index is -0.817. The number of carbonyl (C=O) groups is 2. The molecule has 1 atom stereocenters. The van der Waals surface area contributed by atoms with Gasteiger partial charge in [0.25, 0.3) is 5.91 Å². The first-order valence-electron chi connectivity index (χ1n) is 7.30. The minimum Gasteiger partial charge on any atom is -0.481 e. The van der Waals surface area contributed by atoms with E-state index in [1.165, 1.54) is 25.3 Å². The van der Waals surface area contributed by atoms with Gasteiger partial charge in [-0.2, -0.15) is 5.26 Å². The predicted molar refractivity (Wildman–Crippen MR) is 92.7 cm³/mol. The lowest BCUT2D eigenvalue weighted by atomic mass is 10.2. The topological polar surface area (TPSA) is 88.4 Å². The average Bonchev–Trinajstić information content (AvgIpc) is 2.61. The lowest BCUT2D eigenvalue weighted by molar-refractivity contribution is -0.122. The third-order valence-electron chi connectivity index (χ3n) is 3.29. The highest BCUT2D eigenvalue weighted by atomic mass is 35.5. The standard InChI is InChI=1S/C18H15ClN2O4/c1-11(25-15-5-3-4-12(8-15)18(23)24-2)17(22)21-14-7-6-13(10-20)16(19)9-14/h3-9,11H,1-2H3,(H,21,22)/t11-/m0/s1. The van der Waals surface area contributed by atoms with E-state index in [1.807, 2.05) is 6.07 Å². The molecule has 0 radical (unpaired) electrons. The van der Waals surface area contributed by atoms with Gasteiger partial charge in [-0.1, -0.05) is 17.7 Å². The molecular weight excluding hydrogens is 344 g/mol. The van der Waals surface area contributed by atoms with Crippen LogP contribution in [0.4, 0.5) is 5.69 Å². The molecule has 7 heteroatoms. The van der Waals surface area contributed by atoms with Crippen molar-refractivity contribution in [2.24, 2.45) is 0 Å². The van der Waals surface area contributed by atoms with Crippen molar-refractivity contribution in [3.8, 4) is 11.8 Å². The van der Waals surface area contributed by atoms with Gasteiger partial charge in [0, 0.05) is 5.69 Å². The van der Waals surface area contributed by atoms with E-state index in [1.54, 1.807) is 31.2 Å². The molecule has 0 saturated carbocycles. The second kappa shape index (κ2) is 8.18. The highest BCUT2D eigenvalue weighted by Crippen LogP contribution is 2.21. The van der Waals surface area contributed by atoms with Crippen LogP contribution in [-0.2, 0) is 9.53 Å². The van der Waals surface area contributed by atoms with Gasteiger partial charge >= 0.3 is 5.97 Å². The molecule has 0 unspecified atom stereocenters. The van der Waals surface area contributed by atoms with Crippen molar-refractivity contribution >= 4 is 29.2 Å². The van der Waals surface area contributed by atoms with Crippen LogP contribution in [-0.4, -0.2) is 25.1 Å². The summed E-state index contributed by atoms with van der Waals surface area (Å²) in [5, 5.41) is 11.8. The molecular formula is C18H15ClN2O4. The van der Waals surface area contributed by atoms with Gasteiger partial charge in [0.1, 0.15) is 11.8 Å². The fourth-order valence-corrected chi connectivity index (χ4v) is 2.22. The second-order valence-corrected chi connectivity index (χ2v) is 5.48. The molecule has 2 aromatic rings. The Morgan fingerprint density at radius 3 is 2.64 bits per heavy atom. The maximum atomic E-state index is 12.2. The van der Waals surface area contributed by atoms with Crippen LogP contribution in [0.1, 0.15) is 22.8 Å². The Morgan fingerprint density at radius 1 is 1.24 bits per heavy atom. The lowest BCUT2D eigenvalue weighted by Gasteiger charge is -2.15. The number of amides is 1. The van der Waals surface area contributed by atoms with Crippen LogP contribution in [0, 0.1) is 11.3 Å². The number of ether oxygens (including phenoxy) is 2. The Balaban J connectivity index is 2.04. The minimum absolute atomic E-state index is 0.250. The van der Waals surface area contributed by atoms with Crippen LogP contribution >= 0.6 is 11.6 Å². The van der Waals surface area contributed by atoms with Gasteiger partial charge in [0.15, 0.2) is 6.10 Å². The van der Waals surface area contributed by atoms with Crippen LogP contribution < -0.4 is 10.1 Å². The van der Waals surface area contributed by atoms with E-state index in [2.05, 4.69) is 10.1 Å². The van der Waals surface area contributed by atoms with E-state index in [-0.39, 0.29) is 5.02 Å². The molecule has 1 amide bonds. The van der Waals surface area contributed by atoms with E-state index >= 15 is 0 Å². The van der Waals surface area contributed by atoms with Crippen molar-refractivity contribution in [1.29, 1.82) is 5.26 Å². The normalized spacial score (nSPS) is 11.1. The van der Waals surface area contributed by atoms with Gasteiger partial charge in [-0.25, -0.2) is 4.79 Å². The Morgan fingerprint density at radius 2 is 2.00 bits per heavy atom. The first-order valence-corrected chi connectivity index (χ1v) is 7.68. The number of carbonyl (C=O) groups excluding carboxylic acids is 2. The zero-order chi connectivity index (χ0) is 18.4. The zero-order valence-corrected chi connectivity index (χ0v) is 14.3. The zero-order valence-electron chi connectivity index (χ0n) is 13.6. The summed E-state index contributed by atoms with van der Waals surface area (Å²) in [6, 6.07) is 12.9. The molecule has 0 spiro atoms. The maximum Gasteiger partial charge on any atom is 0.337 e. The van der Waals surface area contributed by atoms with Crippen molar-refractivity contribution < 1.29 is 19.1 Å². The summed E-state index contributed by atoms with van der Waals surface area (Å²) >= 11 is 5.93. The monoisotopic (exact) mass is 358 g/mol. The number of benzene rings is 2. The van der Waals surface area contributed by atoms with Crippen molar-refractivity contribution in [1.82, 2.24) is 0 Å². The summed E-state index contributed by atoms with van der Waals surface area (Å²) in [5.41, 5.74) is 1.10. The molecule has 0 aliphatic carbocycles. The number of hydrogen-bond acceptors (Lipinski definition) is 5. The third-order valence-corrected chi connectivity index (χ3v) is 3.61. The Hall–Kier alpha value is -3.04. The summed E-state index contributed by atoms with van der Waals surface area (Å²) in [6.07, 6.45) is -0.817. The molecule has 0 aromatic heterocycles. The quantitative estimate of drug-likeness (QED) is 0.827. The number of rotatable bonds is 5. The summed E-state index contributed by atoms with van der Waals surface area (Å²) < 4.78 is 10.2. The van der Waals surface area contributed by atoms with Gasteiger partial charge in [-0.15, -0.1) is 0 Å². The number of nitriles is 1. The summed E-state index contributed by atoms with van der Waals surface area (Å²) in [6.45, 7) is 1.57. The predicted octanol–water partition coefficient (Wildman–Crippen LogP) is 3.40. The van der Waals surface area contributed by atoms with Crippen LogP contribution in [0.5, 0.6) is 5.75 Å². The van der Waals surface area contributed by atoms with Crippen molar-refractivity contribution in [3.05, 3.63) is 58.6 Å². The SMILES string of the molecule is COC(=O)c1cccc(O[C@@H](C)C(=O)Nc2ccc(C#N)c(Cl)c2)c1. The third kappa shape index (κ3) is 4.72. The number of nitrogens with one attached hydrogen (secondary N) is 1. The smallest absolute Gasteiger partial charge is 0.337 e.